The predicted octanol–water partition coefficient (Wildman–Crippen LogP) is 3.26. The summed E-state index contributed by atoms with van der Waals surface area (Å²) in [7, 11) is 1.55. The SMILES string of the molecule is CCCCCCCCOC(=O)CN(C)C(=O)c1ccco1. The van der Waals surface area contributed by atoms with Crippen LogP contribution in [-0.2, 0) is 9.53 Å². The van der Waals surface area contributed by atoms with Gasteiger partial charge in [0.2, 0.25) is 0 Å². The molecule has 118 valence electrons. The molecule has 0 bridgehead atoms. The fraction of sp³-hybridized carbons (Fsp3) is 0.625. The number of rotatable bonds is 10. The first kappa shape index (κ1) is 17.3. The molecule has 0 saturated heterocycles. The fourth-order valence-electron chi connectivity index (χ4n) is 1.97. The molecule has 21 heavy (non-hydrogen) atoms. The third-order valence-corrected chi connectivity index (χ3v) is 3.21. The number of amides is 1. The van der Waals surface area contributed by atoms with E-state index in [1.165, 1.54) is 36.8 Å². The monoisotopic (exact) mass is 295 g/mol. The van der Waals surface area contributed by atoms with Crippen molar-refractivity contribution in [2.45, 2.75) is 45.4 Å². The van der Waals surface area contributed by atoms with Gasteiger partial charge >= 0.3 is 5.97 Å². The van der Waals surface area contributed by atoms with Gasteiger partial charge in [0.25, 0.3) is 5.91 Å². The summed E-state index contributed by atoms with van der Waals surface area (Å²) in [6, 6.07) is 3.21. The zero-order valence-electron chi connectivity index (χ0n) is 13.0. The molecular weight excluding hydrogens is 270 g/mol. The largest absolute Gasteiger partial charge is 0.464 e. The van der Waals surface area contributed by atoms with Gasteiger partial charge in [0.15, 0.2) is 5.76 Å². The molecule has 0 unspecified atom stereocenters. The maximum Gasteiger partial charge on any atom is 0.325 e. The third kappa shape index (κ3) is 6.97. The highest BCUT2D eigenvalue weighted by Gasteiger charge is 2.17. The molecule has 1 rings (SSSR count). The van der Waals surface area contributed by atoms with E-state index < -0.39 is 0 Å². The molecule has 1 aromatic heterocycles. The Morgan fingerprint density at radius 2 is 1.90 bits per heavy atom. The Kier molecular flexibility index (Phi) is 8.24. The average Bonchev–Trinajstić information content (AvgIpc) is 2.99. The van der Waals surface area contributed by atoms with Gasteiger partial charge in [-0.1, -0.05) is 39.0 Å². The Balaban J connectivity index is 2.11. The smallest absolute Gasteiger partial charge is 0.325 e. The number of hydrogen-bond donors (Lipinski definition) is 0. The van der Waals surface area contributed by atoms with Crippen LogP contribution in [0.1, 0.15) is 56.0 Å². The Labute approximate surface area is 126 Å². The lowest BCUT2D eigenvalue weighted by molar-refractivity contribution is -0.144. The van der Waals surface area contributed by atoms with Crippen molar-refractivity contribution < 1.29 is 18.7 Å². The van der Waals surface area contributed by atoms with E-state index in [1.54, 1.807) is 19.2 Å². The minimum Gasteiger partial charge on any atom is -0.464 e. The van der Waals surface area contributed by atoms with Crippen molar-refractivity contribution in [3.8, 4) is 0 Å². The lowest BCUT2D eigenvalue weighted by atomic mass is 10.1. The lowest BCUT2D eigenvalue weighted by Crippen LogP contribution is -2.32. The van der Waals surface area contributed by atoms with E-state index in [0.29, 0.717) is 6.61 Å². The second-order valence-electron chi connectivity index (χ2n) is 5.13. The van der Waals surface area contributed by atoms with Gasteiger partial charge < -0.3 is 14.1 Å². The molecule has 0 N–H and O–H groups in total. The van der Waals surface area contributed by atoms with Crippen LogP contribution in [0.15, 0.2) is 22.8 Å². The summed E-state index contributed by atoms with van der Waals surface area (Å²) in [5.74, 6) is -0.483. The van der Waals surface area contributed by atoms with Gasteiger partial charge in [-0.05, 0) is 18.6 Å². The first-order valence-corrected chi connectivity index (χ1v) is 7.59. The van der Waals surface area contributed by atoms with Crippen LogP contribution in [0.4, 0.5) is 0 Å². The Hall–Kier alpha value is -1.78. The topological polar surface area (TPSA) is 59.8 Å². The molecule has 1 aromatic rings. The van der Waals surface area contributed by atoms with Crippen LogP contribution < -0.4 is 0 Å². The van der Waals surface area contributed by atoms with E-state index in [9.17, 15) is 9.59 Å². The number of esters is 1. The summed E-state index contributed by atoms with van der Waals surface area (Å²) in [5.41, 5.74) is 0. The van der Waals surface area contributed by atoms with Gasteiger partial charge in [0, 0.05) is 7.05 Å². The fourth-order valence-corrected chi connectivity index (χ4v) is 1.97. The Bertz CT molecular complexity index is 414. The van der Waals surface area contributed by atoms with Crippen molar-refractivity contribution in [1.82, 2.24) is 4.90 Å². The number of carbonyl (C=O) groups is 2. The molecule has 0 radical (unpaired) electrons. The summed E-state index contributed by atoms with van der Waals surface area (Å²) in [5, 5.41) is 0. The average molecular weight is 295 g/mol. The molecule has 5 nitrogen and oxygen atoms in total. The summed E-state index contributed by atoms with van der Waals surface area (Å²) >= 11 is 0. The van der Waals surface area contributed by atoms with Gasteiger partial charge in [-0.15, -0.1) is 0 Å². The van der Waals surface area contributed by atoms with Crippen molar-refractivity contribution in [2.75, 3.05) is 20.2 Å². The molecule has 0 aliphatic rings. The lowest BCUT2D eigenvalue weighted by Gasteiger charge is -2.14. The highest BCUT2D eigenvalue weighted by atomic mass is 16.5. The molecule has 0 atom stereocenters. The molecule has 0 saturated carbocycles. The summed E-state index contributed by atoms with van der Waals surface area (Å²) in [4.78, 5) is 24.8. The predicted molar refractivity (Wildman–Crippen MR) is 80.0 cm³/mol. The zero-order chi connectivity index (χ0) is 15.5. The van der Waals surface area contributed by atoms with Crippen LogP contribution in [0.5, 0.6) is 0 Å². The van der Waals surface area contributed by atoms with E-state index in [-0.39, 0.29) is 24.2 Å². The number of furan rings is 1. The molecule has 0 aromatic carbocycles. The molecule has 1 amide bonds. The maximum absolute atomic E-state index is 11.8. The highest BCUT2D eigenvalue weighted by Crippen LogP contribution is 2.06. The summed E-state index contributed by atoms with van der Waals surface area (Å²) in [6.45, 7) is 2.55. The third-order valence-electron chi connectivity index (χ3n) is 3.21. The Morgan fingerprint density at radius 3 is 2.57 bits per heavy atom. The minimum absolute atomic E-state index is 0.0602. The number of unbranched alkanes of at least 4 members (excludes halogenated alkanes) is 5. The van der Waals surface area contributed by atoms with Crippen LogP contribution in [0.3, 0.4) is 0 Å². The number of nitrogens with zero attached hydrogens (tertiary/aromatic N) is 1. The molecule has 0 fully saturated rings. The second-order valence-corrected chi connectivity index (χ2v) is 5.13. The van der Waals surface area contributed by atoms with Crippen molar-refractivity contribution in [2.24, 2.45) is 0 Å². The van der Waals surface area contributed by atoms with E-state index in [0.717, 1.165) is 12.8 Å². The molecule has 0 aliphatic heterocycles. The van der Waals surface area contributed by atoms with Crippen molar-refractivity contribution in [3.05, 3.63) is 24.2 Å². The van der Waals surface area contributed by atoms with Gasteiger partial charge in [-0.25, -0.2) is 0 Å². The molecule has 0 aliphatic carbocycles. The van der Waals surface area contributed by atoms with Gasteiger partial charge in [-0.2, -0.15) is 0 Å². The standard InChI is InChI=1S/C16H25NO4/c1-3-4-5-6-7-8-11-21-15(18)13-17(2)16(19)14-10-9-12-20-14/h9-10,12H,3-8,11,13H2,1-2H3. The molecular formula is C16H25NO4. The minimum atomic E-state index is -0.383. The molecule has 1 heterocycles. The van der Waals surface area contributed by atoms with Gasteiger partial charge in [0.05, 0.1) is 12.9 Å². The van der Waals surface area contributed by atoms with E-state index in [4.69, 9.17) is 9.15 Å². The Morgan fingerprint density at radius 1 is 1.19 bits per heavy atom. The maximum atomic E-state index is 11.8. The number of ether oxygens (including phenoxy) is 1. The van der Waals surface area contributed by atoms with Crippen LogP contribution in [0.25, 0.3) is 0 Å². The van der Waals surface area contributed by atoms with Crippen LogP contribution in [-0.4, -0.2) is 37.0 Å². The quantitative estimate of drug-likeness (QED) is 0.491. The number of carbonyl (C=O) groups excluding carboxylic acids is 2. The van der Waals surface area contributed by atoms with E-state index in [1.807, 2.05) is 0 Å². The number of likely N-dealkylation sites (N-methyl/N-ethyl adjacent to an activating group) is 1. The van der Waals surface area contributed by atoms with Gasteiger partial charge in [0.1, 0.15) is 6.54 Å². The molecule has 5 heteroatoms. The van der Waals surface area contributed by atoms with Crippen molar-refractivity contribution in [3.63, 3.8) is 0 Å². The first-order valence-electron chi connectivity index (χ1n) is 7.59. The normalized spacial score (nSPS) is 10.4. The van der Waals surface area contributed by atoms with Crippen LogP contribution in [0.2, 0.25) is 0 Å². The van der Waals surface area contributed by atoms with Gasteiger partial charge in [-0.3, -0.25) is 9.59 Å². The first-order chi connectivity index (χ1) is 10.1. The molecule has 0 spiro atoms. The van der Waals surface area contributed by atoms with Crippen molar-refractivity contribution >= 4 is 11.9 Å². The highest BCUT2D eigenvalue weighted by molar-refractivity contribution is 5.93. The second kappa shape index (κ2) is 10.0. The van der Waals surface area contributed by atoms with Crippen LogP contribution in [0, 0.1) is 0 Å². The van der Waals surface area contributed by atoms with Crippen LogP contribution >= 0.6 is 0 Å². The van der Waals surface area contributed by atoms with Crippen molar-refractivity contribution in [1.29, 1.82) is 0 Å². The van der Waals surface area contributed by atoms with E-state index in [2.05, 4.69) is 6.92 Å². The van der Waals surface area contributed by atoms with E-state index >= 15 is 0 Å². The summed E-state index contributed by atoms with van der Waals surface area (Å²) in [6.07, 6.45) is 8.30. The number of hydrogen-bond acceptors (Lipinski definition) is 4. The zero-order valence-corrected chi connectivity index (χ0v) is 13.0. The summed E-state index contributed by atoms with van der Waals surface area (Å²) < 4.78 is 10.1.